The minimum absolute atomic E-state index is 0.128. The molecule has 0 spiro atoms. The van der Waals surface area contributed by atoms with E-state index in [-0.39, 0.29) is 11.6 Å². The summed E-state index contributed by atoms with van der Waals surface area (Å²) in [7, 11) is 1.74. The van der Waals surface area contributed by atoms with Crippen molar-refractivity contribution in [3.63, 3.8) is 0 Å². The summed E-state index contributed by atoms with van der Waals surface area (Å²) in [5, 5.41) is 8.21. The lowest BCUT2D eigenvalue weighted by molar-refractivity contribution is -0.101. The zero-order valence-electron chi connectivity index (χ0n) is 11.5. The Morgan fingerprint density at radius 2 is 2.10 bits per heavy atom. The van der Waals surface area contributed by atoms with E-state index in [4.69, 9.17) is 10.6 Å². The van der Waals surface area contributed by atoms with Gasteiger partial charge in [0, 0.05) is 7.11 Å². The number of hydrazine groups is 1. The zero-order valence-corrected chi connectivity index (χ0v) is 11.5. The summed E-state index contributed by atoms with van der Waals surface area (Å²) in [5.41, 5.74) is 4.50. The van der Waals surface area contributed by atoms with Crippen molar-refractivity contribution in [2.45, 2.75) is 30.9 Å². The molecule has 1 fully saturated rings. The van der Waals surface area contributed by atoms with E-state index >= 15 is 0 Å². The van der Waals surface area contributed by atoms with Crippen molar-refractivity contribution >= 4 is 0 Å². The van der Waals surface area contributed by atoms with Crippen LogP contribution >= 0.6 is 0 Å². The molecular weight excluding hydrogens is 254 g/mol. The first-order chi connectivity index (χ1) is 9.80. The molecule has 1 atom stereocenters. The molecule has 0 bridgehead atoms. The summed E-state index contributed by atoms with van der Waals surface area (Å²) in [6.45, 7) is 0. The minimum Gasteiger partial charge on any atom is -0.376 e. The van der Waals surface area contributed by atoms with Gasteiger partial charge in [0.2, 0.25) is 0 Å². The van der Waals surface area contributed by atoms with E-state index in [1.54, 1.807) is 13.3 Å². The van der Waals surface area contributed by atoms with Gasteiger partial charge in [0.05, 0.1) is 29.2 Å². The molecule has 1 saturated carbocycles. The van der Waals surface area contributed by atoms with Crippen LogP contribution in [0.5, 0.6) is 0 Å². The highest BCUT2D eigenvalue weighted by Crippen LogP contribution is 2.44. The first-order valence-corrected chi connectivity index (χ1v) is 6.78. The molecule has 1 aromatic heterocycles. The third-order valence-corrected chi connectivity index (χ3v) is 4.17. The molecule has 1 aromatic carbocycles. The monoisotopic (exact) mass is 273 g/mol. The molecule has 1 heterocycles. The van der Waals surface area contributed by atoms with Gasteiger partial charge in [0.15, 0.2) is 0 Å². The van der Waals surface area contributed by atoms with Gasteiger partial charge in [-0.05, 0) is 31.4 Å². The summed E-state index contributed by atoms with van der Waals surface area (Å²) >= 11 is 0. The molecule has 106 valence electrons. The molecular formula is C14H19N5O. The fourth-order valence-corrected chi connectivity index (χ4v) is 2.85. The first kappa shape index (κ1) is 13.2. The van der Waals surface area contributed by atoms with Crippen LogP contribution in [0.4, 0.5) is 0 Å². The number of nitrogens with two attached hydrogens (primary N) is 1. The fraction of sp³-hybridized carbons (Fsp3) is 0.429. The standard InChI is InChI=1S/C14H19N5O/c1-20-14(8-5-9-14)13(17-15)12-10-16-18-19(12)11-6-3-2-4-7-11/h2-4,6-7,10,13,17H,5,8-9,15H2,1H3. The van der Waals surface area contributed by atoms with Crippen molar-refractivity contribution in [3.05, 3.63) is 42.2 Å². The summed E-state index contributed by atoms with van der Waals surface area (Å²) in [4.78, 5) is 0. The lowest BCUT2D eigenvalue weighted by Crippen LogP contribution is -2.53. The number of aromatic nitrogens is 3. The molecule has 3 N–H and O–H groups in total. The lowest BCUT2D eigenvalue weighted by atomic mass is 9.73. The van der Waals surface area contributed by atoms with E-state index in [2.05, 4.69) is 15.7 Å². The van der Waals surface area contributed by atoms with E-state index in [0.29, 0.717) is 0 Å². The van der Waals surface area contributed by atoms with Gasteiger partial charge in [-0.2, -0.15) is 0 Å². The largest absolute Gasteiger partial charge is 0.376 e. The summed E-state index contributed by atoms with van der Waals surface area (Å²) in [6, 6.07) is 9.78. The summed E-state index contributed by atoms with van der Waals surface area (Å²) in [5.74, 6) is 5.78. The molecule has 6 nitrogen and oxygen atoms in total. The lowest BCUT2D eigenvalue weighted by Gasteiger charge is -2.45. The van der Waals surface area contributed by atoms with Gasteiger partial charge in [0.25, 0.3) is 0 Å². The van der Waals surface area contributed by atoms with Crippen LogP contribution < -0.4 is 11.3 Å². The Kier molecular flexibility index (Phi) is 3.52. The van der Waals surface area contributed by atoms with Crippen molar-refractivity contribution in [1.29, 1.82) is 0 Å². The molecule has 1 unspecified atom stereocenters. The van der Waals surface area contributed by atoms with Crippen LogP contribution in [0.25, 0.3) is 5.69 Å². The van der Waals surface area contributed by atoms with Gasteiger partial charge < -0.3 is 4.74 Å². The highest BCUT2D eigenvalue weighted by molar-refractivity contribution is 5.33. The van der Waals surface area contributed by atoms with E-state index in [1.807, 2.05) is 35.0 Å². The topological polar surface area (TPSA) is 78.0 Å². The van der Waals surface area contributed by atoms with Crippen LogP contribution in [-0.4, -0.2) is 27.7 Å². The Balaban J connectivity index is 2.00. The number of nitrogens with one attached hydrogen (secondary N) is 1. The number of rotatable bonds is 5. The highest BCUT2D eigenvalue weighted by atomic mass is 16.5. The zero-order chi connectivity index (χ0) is 14.0. The first-order valence-electron chi connectivity index (χ1n) is 6.78. The summed E-state index contributed by atoms with van der Waals surface area (Å²) in [6.07, 6.45) is 4.87. The maximum atomic E-state index is 5.78. The number of ether oxygens (including phenoxy) is 1. The molecule has 20 heavy (non-hydrogen) atoms. The smallest absolute Gasteiger partial charge is 0.0939 e. The molecule has 6 heteroatoms. The highest BCUT2D eigenvalue weighted by Gasteiger charge is 2.46. The van der Waals surface area contributed by atoms with Crippen LogP contribution in [0, 0.1) is 0 Å². The van der Waals surface area contributed by atoms with Gasteiger partial charge in [-0.1, -0.05) is 23.4 Å². The second kappa shape index (κ2) is 5.32. The van der Waals surface area contributed by atoms with E-state index < -0.39 is 0 Å². The Morgan fingerprint density at radius 1 is 1.35 bits per heavy atom. The molecule has 1 aliphatic carbocycles. The average molecular weight is 273 g/mol. The predicted octanol–water partition coefficient (Wildman–Crippen LogP) is 1.34. The molecule has 0 amide bonds. The average Bonchev–Trinajstić information content (AvgIpc) is 2.92. The fourth-order valence-electron chi connectivity index (χ4n) is 2.85. The Morgan fingerprint density at radius 3 is 2.65 bits per heavy atom. The Labute approximate surface area is 117 Å². The van der Waals surface area contributed by atoms with Gasteiger partial charge >= 0.3 is 0 Å². The quantitative estimate of drug-likeness (QED) is 0.635. The van der Waals surface area contributed by atoms with Crippen molar-refractivity contribution in [3.8, 4) is 5.69 Å². The number of para-hydroxylation sites is 1. The molecule has 0 saturated heterocycles. The molecule has 2 aromatic rings. The Bertz CT molecular complexity index is 558. The van der Waals surface area contributed by atoms with E-state index in [9.17, 15) is 0 Å². The van der Waals surface area contributed by atoms with Crippen molar-refractivity contribution < 1.29 is 4.74 Å². The van der Waals surface area contributed by atoms with Crippen molar-refractivity contribution in [2.24, 2.45) is 5.84 Å². The second-order valence-electron chi connectivity index (χ2n) is 5.13. The Hall–Kier alpha value is -1.76. The van der Waals surface area contributed by atoms with Crippen LogP contribution in [-0.2, 0) is 4.74 Å². The number of hydrogen-bond acceptors (Lipinski definition) is 5. The van der Waals surface area contributed by atoms with Gasteiger partial charge in [-0.25, -0.2) is 10.1 Å². The number of nitrogens with zero attached hydrogens (tertiary/aromatic N) is 3. The van der Waals surface area contributed by atoms with Gasteiger partial charge in [-0.3, -0.25) is 5.84 Å². The SMILES string of the molecule is COC1(C(NN)c2cnnn2-c2ccccc2)CCC1. The van der Waals surface area contributed by atoms with Gasteiger partial charge in [0.1, 0.15) is 0 Å². The minimum atomic E-state index is -0.261. The van der Waals surface area contributed by atoms with Crippen LogP contribution in [0.1, 0.15) is 31.0 Å². The van der Waals surface area contributed by atoms with Crippen LogP contribution in [0.2, 0.25) is 0 Å². The number of benzene rings is 1. The van der Waals surface area contributed by atoms with Crippen molar-refractivity contribution in [1.82, 2.24) is 20.4 Å². The predicted molar refractivity (Wildman–Crippen MR) is 75.0 cm³/mol. The third-order valence-electron chi connectivity index (χ3n) is 4.17. The molecule has 3 rings (SSSR count). The maximum absolute atomic E-state index is 5.78. The molecule has 1 aliphatic rings. The van der Waals surface area contributed by atoms with Crippen LogP contribution in [0.15, 0.2) is 36.5 Å². The maximum Gasteiger partial charge on any atom is 0.0939 e. The van der Waals surface area contributed by atoms with E-state index in [1.165, 1.54) is 0 Å². The molecule has 0 radical (unpaired) electrons. The van der Waals surface area contributed by atoms with E-state index in [0.717, 1.165) is 30.6 Å². The summed E-state index contributed by atoms with van der Waals surface area (Å²) < 4.78 is 7.54. The van der Waals surface area contributed by atoms with Crippen molar-refractivity contribution in [2.75, 3.05) is 7.11 Å². The second-order valence-corrected chi connectivity index (χ2v) is 5.13. The third kappa shape index (κ3) is 2.02. The molecule has 0 aliphatic heterocycles. The van der Waals surface area contributed by atoms with Crippen LogP contribution in [0.3, 0.4) is 0 Å². The van der Waals surface area contributed by atoms with Gasteiger partial charge in [-0.15, -0.1) is 5.10 Å². The number of hydrogen-bond donors (Lipinski definition) is 2. The normalized spacial score (nSPS) is 18.5. The number of methoxy groups -OCH3 is 1.